The van der Waals surface area contributed by atoms with Crippen molar-refractivity contribution in [3.63, 3.8) is 0 Å². The Labute approximate surface area is 303 Å². The summed E-state index contributed by atoms with van der Waals surface area (Å²) in [6.07, 6.45) is 0. The van der Waals surface area contributed by atoms with Crippen LogP contribution in [0.2, 0.25) is 0 Å². The molecule has 3 heteroatoms. The molecule has 0 unspecified atom stereocenters. The SMILES string of the molecule is c1ccc2c(c1)-c1cccc3c(-n4c5c(ccc6c7ccccc7oc65)c5ccc6c7ccccc7n(-c7cccc8ccccc78)c6c54)ccc-2c13. The molecule has 0 spiro atoms. The molecule has 0 saturated carbocycles. The van der Waals surface area contributed by atoms with Crippen LogP contribution in [0.5, 0.6) is 0 Å². The van der Waals surface area contributed by atoms with E-state index in [0.29, 0.717) is 0 Å². The van der Waals surface area contributed by atoms with Crippen molar-refractivity contribution in [3.8, 4) is 33.6 Å². The Hall–Kier alpha value is -7.10. The van der Waals surface area contributed by atoms with E-state index in [-0.39, 0.29) is 0 Å². The average molecular weight is 673 g/mol. The highest BCUT2D eigenvalue weighted by molar-refractivity contribution is 6.29. The largest absolute Gasteiger partial charge is 0.454 e. The van der Waals surface area contributed by atoms with E-state index in [4.69, 9.17) is 4.42 Å². The maximum Gasteiger partial charge on any atom is 0.160 e. The fourth-order valence-corrected chi connectivity index (χ4v) is 9.69. The van der Waals surface area contributed by atoms with Gasteiger partial charge in [0.15, 0.2) is 5.58 Å². The second-order valence-corrected chi connectivity index (χ2v) is 14.4. The van der Waals surface area contributed by atoms with Gasteiger partial charge >= 0.3 is 0 Å². The minimum absolute atomic E-state index is 0.901. The number of aromatic nitrogens is 2. The van der Waals surface area contributed by atoms with E-state index in [0.717, 1.165) is 33.1 Å². The molecule has 244 valence electrons. The summed E-state index contributed by atoms with van der Waals surface area (Å²) in [6.45, 7) is 0. The molecule has 9 aromatic carbocycles. The van der Waals surface area contributed by atoms with Gasteiger partial charge in [-0.1, -0.05) is 140 Å². The molecule has 0 atom stereocenters. The molecule has 13 rings (SSSR count). The summed E-state index contributed by atoms with van der Waals surface area (Å²) in [4.78, 5) is 0. The van der Waals surface area contributed by atoms with Crippen LogP contribution in [0.3, 0.4) is 0 Å². The molecule has 3 nitrogen and oxygen atoms in total. The molecule has 0 fully saturated rings. The first kappa shape index (κ1) is 27.6. The maximum absolute atomic E-state index is 6.90. The standard InChI is InChI=1S/C50H28N2O/c1-2-13-30-29(11-1)12-9-21-42(30)51-43-20-7-5-16-33(43)37-23-24-38-39-25-26-40-34-17-6-8-22-45(34)53-50(40)49(39)52(48(38)47(37)51)44-28-27-36-32-15-4-3-14-31(32)35-18-10-19-41(44)46(35)36/h1-28H. The molecule has 0 N–H and O–H groups in total. The third-order valence-corrected chi connectivity index (χ3v) is 11.8. The molecule has 53 heavy (non-hydrogen) atoms. The lowest BCUT2D eigenvalue weighted by Crippen LogP contribution is -2.00. The Morgan fingerprint density at radius 3 is 1.75 bits per heavy atom. The van der Waals surface area contributed by atoms with Crippen molar-refractivity contribution in [2.24, 2.45) is 0 Å². The molecule has 1 aliphatic carbocycles. The number of furan rings is 1. The van der Waals surface area contributed by atoms with Gasteiger partial charge in [0.05, 0.1) is 33.4 Å². The molecule has 0 saturated heterocycles. The van der Waals surface area contributed by atoms with E-state index in [1.807, 2.05) is 0 Å². The zero-order valence-electron chi connectivity index (χ0n) is 28.5. The smallest absolute Gasteiger partial charge is 0.160 e. The fraction of sp³-hybridized carbons (Fsp3) is 0. The summed E-state index contributed by atoms with van der Waals surface area (Å²) in [6, 6.07) is 62.2. The molecule has 0 aliphatic heterocycles. The Balaban J connectivity index is 1.30. The van der Waals surface area contributed by atoms with Crippen LogP contribution < -0.4 is 0 Å². The highest BCUT2D eigenvalue weighted by atomic mass is 16.3. The van der Waals surface area contributed by atoms with Gasteiger partial charge in [-0.3, -0.25) is 0 Å². The fourth-order valence-electron chi connectivity index (χ4n) is 9.69. The minimum atomic E-state index is 0.901. The van der Waals surface area contributed by atoms with E-state index >= 15 is 0 Å². The normalized spacial score (nSPS) is 12.5. The number of nitrogens with zero attached hydrogens (tertiary/aromatic N) is 2. The number of hydrogen-bond acceptors (Lipinski definition) is 1. The summed E-state index contributed by atoms with van der Waals surface area (Å²) < 4.78 is 11.9. The lowest BCUT2D eigenvalue weighted by Gasteiger charge is -2.16. The van der Waals surface area contributed by atoms with Crippen molar-refractivity contribution in [3.05, 3.63) is 170 Å². The highest BCUT2D eigenvalue weighted by Crippen LogP contribution is 2.51. The molecule has 3 aromatic heterocycles. The van der Waals surface area contributed by atoms with Crippen molar-refractivity contribution < 1.29 is 4.42 Å². The third-order valence-electron chi connectivity index (χ3n) is 11.8. The number of para-hydroxylation sites is 2. The van der Waals surface area contributed by atoms with Gasteiger partial charge in [-0.25, -0.2) is 0 Å². The Morgan fingerprint density at radius 1 is 0.321 bits per heavy atom. The Kier molecular flexibility index (Phi) is 5.11. The van der Waals surface area contributed by atoms with E-state index in [9.17, 15) is 0 Å². The first-order valence-corrected chi connectivity index (χ1v) is 18.3. The molecule has 3 heterocycles. The van der Waals surface area contributed by atoms with Crippen molar-refractivity contribution in [2.75, 3.05) is 0 Å². The molecule has 0 amide bonds. The zero-order chi connectivity index (χ0) is 34.4. The van der Waals surface area contributed by atoms with Crippen LogP contribution in [0, 0.1) is 0 Å². The van der Waals surface area contributed by atoms with Crippen LogP contribution >= 0.6 is 0 Å². The van der Waals surface area contributed by atoms with Gasteiger partial charge in [0.1, 0.15) is 5.58 Å². The van der Waals surface area contributed by atoms with Crippen LogP contribution in [-0.2, 0) is 0 Å². The highest BCUT2D eigenvalue weighted by Gasteiger charge is 2.27. The van der Waals surface area contributed by atoms with Gasteiger partial charge in [0, 0.05) is 43.1 Å². The molecule has 0 radical (unpaired) electrons. The maximum atomic E-state index is 6.90. The van der Waals surface area contributed by atoms with Crippen LogP contribution in [0.4, 0.5) is 0 Å². The summed E-state index contributed by atoms with van der Waals surface area (Å²) in [7, 11) is 0. The first-order valence-electron chi connectivity index (χ1n) is 18.3. The van der Waals surface area contributed by atoms with E-state index in [2.05, 4.69) is 179 Å². The number of benzene rings is 9. The second-order valence-electron chi connectivity index (χ2n) is 14.4. The molecular weight excluding hydrogens is 645 g/mol. The number of fused-ring (bicyclic) bond motifs is 15. The predicted octanol–water partition coefficient (Wildman–Crippen LogP) is 13.7. The van der Waals surface area contributed by atoms with Gasteiger partial charge in [-0.05, 0) is 63.4 Å². The van der Waals surface area contributed by atoms with Gasteiger partial charge in [-0.2, -0.15) is 0 Å². The quantitative estimate of drug-likeness (QED) is 0.179. The van der Waals surface area contributed by atoms with Crippen molar-refractivity contribution in [1.82, 2.24) is 9.13 Å². The third kappa shape index (κ3) is 3.40. The van der Waals surface area contributed by atoms with Crippen LogP contribution in [-0.4, -0.2) is 9.13 Å². The molecule has 12 aromatic rings. The van der Waals surface area contributed by atoms with E-state index in [1.165, 1.54) is 87.6 Å². The predicted molar refractivity (Wildman–Crippen MR) is 222 cm³/mol. The van der Waals surface area contributed by atoms with Gasteiger partial charge in [-0.15, -0.1) is 0 Å². The zero-order valence-corrected chi connectivity index (χ0v) is 28.5. The molecule has 1 aliphatic rings. The van der Waals surface area contributed by atoms with Crippen molar-refractivity contribution >= 4 is 87.1 Å². The second kappa shape index (κ2) is 9.81. The van der Waals surface area contributed by atoms with Crippen LogP contribution in [0.1, 0.15) is 0 Å². The van der Waals surface area contributed by atoms with Gasteiger partial charge in [0.25, 0.3) is 0 Å². The number of hydrogen-bond donors (Lipinski definition) is 0. The summed E-state index contributed by atoms with van der Waals surface area (Å²) >= 11 is 0. The summed E-state index contributed by atoms with van der Waals surface area (Å²) in [5.41, 5.74) is 13.9. The van der Waals surface area contributed by atoms with E-state index < -0.39 is 0 Å². The average Bonchev–Trinajstić information content (AvgIpc) is 3.95. The lowest BCUT2D eigenvalue weighted by molar-refractivity contribution is 0.671. The summed E-state index contributed by atoms with van der Waals surface area (Å²) in [5.74, 6) is 0. The van der Waals surface area contributed by atoms with E-state index in [1.54, 1.807) is 0 Å². The van der Waals surface area contributed by atoms with Gasteiger partial charge in [0.2, 0.25) is 0 Å². The minimum Gasteiger partial charge on any atom is -0.454 e. The molecule has 0 bridgehead atoms. The Bertz CT molecular complexity index is 3540. The Morgan fingerprint density at radius 2 is 0.887 bits per heavy atom. The first-order chi connectivity index (χ1) is 26.3. The van der Waals surface area contributed by atoms with Crippen LogP contribution in [0.15, 0.2) is 174 Å². The monoisotopic (exact) mass is 672 g/mol. The summed E-state index contributed by atoms with van der Waals surface area (Å²) in [5, 5.41) is 12.1. The molecular formula is C50H28N2O. The van der Waals surface area contributed by atoms with Gasteiger partial charge < -0.3 is 13.6 Å². The van der Waals surface area contributed by atoms with Crippen molar-refractivity contribution in [1.29, 1.82) is 0 Å². The van der Waals surface area contributed by atoms with Crippen LogP contribution in [0.25, 0.3) is 121 Å². The van der Waals surface area contributed by atoms with Crippen molar-refractivity contribution in [2.45, 2.75) is 0 Å². The lowest BCUT2D eigenvalue weighted by atomic mass is 10.0. The number of rotatable bonds is 2. The topological polar surface area (TPSA) is 23.0 Å².